The zero-order valence-corrected chi connectivity index (χ0v) is 12.4. The van der Waals surface area contributed by atoms with Crippen molar-refractivity contribution in [2.45, 2.75) is 39.2 Å². The van der Waals surface area contributed by atoms with E-state index in [0.717, 1.165) is 36.6 Å². The predicted molar refractivity (Wildman–Crippen MR) is 80.9 cm³/mol. The second-order valence-corrected chi connectivity index (χ2v) is 5.55. The van der Waals surface area contributed by atoms with Crippen molar-refractivity contribution in [2.75, 3.05) is 7.05 Å². The number of nitrogens with one attached hydrogen (secondary N) is 1. The van der Waals surface area contributed by atoms with Gasteiger partial charge in [0.05, 0.1) is 0 Å². The Kier molecular flexibility index (Phi) is 3.53. The lowest BCUT2D eigenvalue weighted by Gasteiger charge is -2.15. The van der Waals surface area contributed by atoms with Crippen molar-refractivity contribution in [1.82, 2.24) is 15.3 Å². The fraction of sp³-hybridized carbons (Fsp3) is 0.412. The van der Waals surface area contributed by atoms with Crippen molar-refractivity contribution in [3.63, 3.8) is 0 Å². The van der Waals surface area contributed by atoms with E-state index in [-0.39, 0.29) is 0 Å². The summed E-state index contributed by atoms with van der Waals surface area (Å²) in [6.07, 6.45) is 2.27. The van der Waals surface area contributed by atoms with Crippen molar-refractivity contribution in [3.05, 3.63) is 58.2 Å². The molecule has 1 aliphatic rings. The lowest BCUT2D eigenvalue weighted by molar-refractivity contribution is 0.702. The normalized spacial score (nSPS) is 17.2. The Morgan fingerprint density at radius 2 is 1.85 bits per heavy atom. The van der Waals surface area contributed by atoms with Crippen LogP contribution in [0.25, 0.3) is 0 Å². The fourth-order valence-corrected chi connectivity index (χ4v) is 3.18. The summed E-state index contributed by atoms with van der Waals surface area (Å²) in [4.78, 5) is 9.56. The van der Waals surface area contributed by atoms with E-state index in [0.29, 0.717) is 5.92 Å². The summed E-state index contributed by atoms with van der Waals surface area (Å²) in [5.74, 6) is 1.36. The van der Waals surface area contributed by atoms with Gasteiger partial charge >= 0.3 is 0 Å². The molecule has 0 aliphatic heterocycles. The van der Waals surface area contributed by atoms with Crippen LogP contribution in [0.15, 0.2) is 24.3 Å². The summed E-state index contributed by atoms with van der Waals surface area (Å²) < 4.78 is 0. The Labute approximate surface area is 120 Å². The van der Waals surface area contributed by atoms with Crippen molar-refractivity contribution < 1.29 is 0 Å². The summed E-state index contributed by atoms with van der Waals surface area (Å²) in [5.41, 5.74) is 6.29. The van der Waals surface area contributed by atoms with E-state index in [9.17, 15) is 0 Å². The van der Waals surface area contributed by atoms with E-state index in [1.165, 1.54) is 16.7 Å². The lowest BCUT2D eigenvalue weighted by Crippen LogP contribution is -2.14. The highest BCUT2D eigenvalue weighted by Gasteiger charge is 2.26. The number of benzene rings is 1. The van der Waals surface area contributed by atoms with Gasteiger partial charge in [-0.05, 0) is 44.9 Å². The van der Waals surface area contributed by atoms with Gasteiger partial charge in [-0.3, -0.25) is 0 Å². The van der Waals surface area contributed by atoms with Gasteiger partial charge in [-0.15, -0.1) is 0 Å². The summed E-state index contributed by atoms with van der Waals surface area (Å²) >= 11 is 0. The van der Waals surface area contributed by atoms with Crippen LogP contribution in [0.2, 0.25) is 0 Å². The molecular weight excluding hydrogens is 246 g/mol. The molecule has 1 aromatic carbocycles. The van der Waals surface area contributed by atoms with E-state index in [4.69, 9.17) is 9.97 Å². The van der Waals surface area contributed by atoms with Crippen molar-refractivity contribution in [3.8, 4) is 0 Å². The average Bonchev–Trinajstić information content (AvgIpc) is 2.86. The van der Waals surface area contributed by atoms with E-state index < -0.39 is 0 Å². The number of rotatable bonds is 3. The maximum atomic E-state index is 4.78. The number of aromatic nitrogens is 2. The SMILES string of the molecule is CNCc1c(C)nc(C2CCc3ccccc32)nc1C. The quantitative estimate of drug-likeness (QED) is 0.929. The van der Waals surface area contributed by atoms with Gasteiger partial charge in [0.25, 0.3) is 0 Å². The zero-order valence-electron chi connectivity index (χ0n) is 12.4. The van der Waals surface area contributed by atoms with Crippen LogP contribution >= 0.6 is 0 Å². The van der Waals surface area contributed by atoms with Crippen LogP contribution in [-0.4, -0.2) is 17.0 Å². The third-order valence-electron chi connectivity index (χ3n) is 4.24. The van der Waals surface area contributed by atoms with Crippen LogP contribution < -0.4 is 5.32 Å². The number of fused-ring (bicyclic) bond motifs is 1. The predicted octanol–water partition coefficient (Wildman–Crippen LogP) is 2.89. The fourth-order valence-electron chi connectivity index (χ4n) is 3.18. The first-order valence-corrected chi connectivity index (χ1v) is 7.27. The molecule has 20 heavy (non-hydrogen) atoms. The van der Waals surface area contributed by atoms with Gasteiger partial charge < -0.3 is 5.32 Å². The second kappa shape index (κ2) is 5.33. The Morgan fingerprint density at radius 3 is 2.55 bits per heavy atom. The van der Waals surface area contributed by atoms with Crippen LogP contribution in [0.4, 0.5) is 0 Å². The Morgan fingerprint density at radius 1 is 1.15 bits per heavy atom. The van der Waals surface area contributed by atoms with Crippen molar-refractivity contribution in [1.29, 1.82) is 0 Å². The Hall–Kier alpha value is -1.74. The molecule has 0 amide bonds. The van der Waals surface area contributed by atoms with E-state index in [1.54, 1.807) is 0 Å². The first-order valence-electron chi connectivity index (χ1n) is 7.27. The molecule has 0 saturated heterocycles. The van der Waals surface area contributed by atoms with Gasteiger partial charge in [-0.2, -0.15) is 0 Å². The van der Waals surface area contributed by atoms with Crippen molar-refractivity contribution >= 4 is 0 Å². The zero-order chi connectivity index (χ0) is 14.1. The van der Waals surface area contributed by atoms with Gasteiger partial charge in [0.15, 0.2) is 0 Å². The average molecular weight is 267 g/mol. The number of hydrogen-bond donors (Lipinski definition) is 1. The second-order valence-electron chi connectivity index (χ2n) is 5.55. The maximum absolute atomic E-state index is 4.78. The molecule has 0 radical (unpaired) electrons. The van der Waals surface area contributed by atoms with Gasteiger partial charge in [0.1, 0.15) is 5.82 Å². The topological polar surface area (TPSA) is 37.8 Å². The monoisotopic (exact) mass is 267 g/mol. The minimum Gasteiger partial charge on any atom is -0.316 e. The first-order chi connectivity index (χ1) is 9.70. The molecule has 3 rings (SSSR count). The minimum absolute atomic E-state index is 0.368. The molecule has 1 unspecified atom stereocenters. The Balaban J connectivity index is 2.00. The van der Waals surface area contributed by atoms with Crippen LogP contribution in [0.5, 0.6) is 0 Å². The molecule has 1 atom stereocenters. The molecular formula is C17H21N3. The molecule has 1 aliphatic carbocycles. The third-order valence-corrected chi connectivity index (χ3v) is 4.24. The summed E-state index contributed by atoms with van der Waals surface area (Å²) in [7, 11) is 1.96. The highest BCUT2D eigenvalue weighted by molar-refractivity contribution is 5.39. The molecule has 1 heterocycles. The number of hydrogen-bond acceptors (Lipinski definition) is 3. The smallest absolute Gasteiger partial charge is 0.136 e. The van der Waals surface area contributed by atoms with Gasteiger partial charge in [-0.25, -0.2) is 9.97 Å². The largest absolute Gasteiger partial charge is 0.316 e. The summed E-state index contributed by atoms with van der Waals surface area (Å²) in [6.45, 7) is 5.01. The molecule has 3 heteroatoms. The molecule has 1 N–H and O–H groups in total. The maximum Gasteiger partial charge on any atom is 0.136 e. The third kappa shape index (κ3) is 2.22. The van der Waals surface area contributed by atoms with E-state index in [1.807, 2.05) is 7.05 Å². The number of nitrogens with zero attached hydrogens (tertiary/aromatic N) is 2. The highest BCUT2D eigenvalue weighted by Crippen LogP contribution is 2.36. The minimum atomic E-state index is 0.368. The van der Waals surface area contributed by atoms with E-state index >= 15 is 0 Å². The van der Waals surface area contributed by atoms with Gasteiger partial charge in [0.2, 0.25) is 0 Å². The van der Waals surface area contributed by atoms with Crippen LogP contribution in [-0.2, 0) is 13.0 Å². The summed E-state index contributed by atoms with van der Waals surface area (Å²) in [6, 6.07) is 8.69. The molecule has 0 fully saturated rings. The van der Waals surface area contributed by atoms with Crippen molar-refractivity contribution in [2.24, 2.45) is 0 Å². The molecule has 2 aromatic rings. The Bertz CT molecular complexity index is 611. The standard InChI is InChI=1S/C17H21N3/c1-11-16(10-18-3)12(2)20-17(19-11)15-9-8-13-6-4-5-7-14(13)15/h4-7,15,18H,8-10H2,1-3H3. The summed E-state index contributed by atoms with van der Waals surface area (Å²) in [5, 5.41) is 3.19. The molecule has 1 aromatic heterocycles. The molecule has 0 spiro atoms. The molecule has 104 valence electrons. The highest BCUT2D eigenvalue weighted by atomic mass is 14.9. The van der Waals surface area contributed by atoms with Gasteiger partial charge in [0, 0.05) is 29.4 Å². The lowest BCUT2D eigenvalue weighted by atomic mass is 10.00. The van der Waals surface area contributed by atoms with Crippen LogP contribution in [0.3, 0.4) is 0 Å². The first kappa shape index (κ1) is 13.3. The van der Waals surface area contributed by atoms with Gasteiger partial charge in [-0.1, -0.05) is 24.3 Å². The molecule has 0 bridgehead atoms. The molecule has 0 saturated carbocycles. The number of aryl methyl sites for hydroxylation is 3. The van der Waals surface area contributed by atoms with E-state index in [2.05, 4.69) is 43.4 Å². The van der Waals surface area contributed by atoms with Crippen LogP contribution in [0.1, 0.15) is 46.2 Å². The van der Waals surface area contributed by atoms with Crippen LogP contribution in [0, 0.1) is 13.8 Å². The molecule has 3 nitrogen and oxygen atoms in total.